The maximum absolute atomic E-state index is 9.68. The fraction of sp³-hybridized carbons (Fsp3) is 0.545. The molecule has 84 valence electrons. The lowest BCUT2D eigenvalue weighted by Gasteiger charge is -2.17. The normalized spacial score (nSPS) is 14.9. The maximum atomic E-state index is 9.68. The molecule has 0 saturated carbocycles. The molecular formula is C11H18N2O2. The average molecular weight is 210 g/mol. The summed E-state index contributed by atoms with van der Waals surface area (Å²) >= 11 is 0. The number of aliphatic hydroxyl groups is 2. The highest BCUT2D eigenvalue weighted by molar-refractivity contribution is 5.32. The molecule has 1 aromatic heterocycles. The van der Waals surface area contributed by atoms with Crippen molar-refractivity contribution in [3.63, 3.8) is 0 Å². The van der Waals surface area contributed by atoms with Gasteiger partial charge in [0.05, 0.1) is 12.2 Å². The highest BCUT2D eigenvalue weighted by atomic mass is 16.3. The number of nitrogen functional groups attached to an aromatic ring is 1. The van der Waals surface area contributed by atoms with Gasteiger partial charge >= 0.3 is 0 Å². The molecule has 1 aromatic rings. The van der Waals surface area contributed by atoms with E-state index >= 15 is 0 Å². The first-order chi connectivity index (χ1) is 7.13. The van der Waals surface area contributed by atoms with Gasteiger partial charge in [0.1, 0.15) is 5.82 Å². The van der Waals surface area contributed by atoms with Gasteiger partial charge in [0.15, 0.2) is 0 Å². The maximum Gasteiger partial charge on any atom is 0.123 e. The van der Waals surface area contributed by atoms with E-state index in [1.54, 1.807) is 18.3 Å². The molecule has 4 N–H and O–H groups in total. The molecule has 0 amide bonds. The van der Waals surface area contributed by atoms with Crippen molar-refractivity contribution in [1.29, 1.82) is 0 Å². The Morgan fingerprint density at radius 2 is 2.13 bits per heavy atom. The Morgan fingerprint density at radius 3 is 2.73 bits per heavy atom. The van der Waals surface area contributed by atoms with Crippen LogP contribution in [-0.4, -0.2) is 27.4 Å². The van der Waals surface area contributed by atoms with Crippen LogP contribution in [0.4, 0.5) is 5.82 Å². The number of hydrogen-bond acceptors (Lipinski definition) is 4. The van der Waals surface area contributed by atoms with Gasteiger partial charge in [-0.2, -0.15) is 0 Å². The quantitative estimate of drug-likeness (QED) is 0.669. The van der Waals surface area contributed by atoms with Crippen LogP contribution in [0.1, 0.15) is 25.3 Å². The molecule has 2 atom stereocenters. The third-order valence-corrected chi connectivity index (χ3v) is 2.32. The van der Waals surface area contributed by atoms with E-state index in [4.69, 9.17) is 5.73 Å². The minimum atomic E-state index is -0.730. The topological polar surface area (TPSA) is 79.4 Å². The summed E-state index contributed by atoms with van der Waals surface area (Å²) in [6, 6.07) is 3.50. The number of hydrogen-bond donors (Lipinski definition) is 3. The zero-order valence-electron chi connectivity index (χ0n) is 8.93. The van der Waals surface area contributed by atoms with Gasteiger partial charge in [-0.25, -0.2) is 4.98 Å². The lowest BCUT2D eigenvalue weighted by Crippen LogP contribution is -2.27. The smallest absolute Gasteiger partial charge is 0.123 e. The van der Waals surface area contributed by atoms with Crippen molar-refractivity contribution >= 4 is 5.82 Å². The summed E-state index contributed by atoms with van der Waals surface area (Å²) in [4.78, 5) is 3.86. The zero-order valence-corrected chi connectivity index (χ0v) is 8.93. The Kier molecular flexibility index (Phi) is 4.52. The van der Waals surface area contributed by atoms with Crippen LogP contribution in [0.15, 0.2) is 18.3 Å². The summed E-state index contributed by atoms with van der Waals surface area (Å²) in [5.74, 6) is 0.435. The van der Waals surface area contributed by atoms with Crippen LogP contribution in [-0.2, 0) is 6.42 Å². The molecule has 0 radical (unpaired) electrons. The Balaban J connectivity index is 2.54. The molecule has 0 aliphatic heterocycles. The van der Waals surface area contributed by atoms with Crippen molar-refractivity contribution in [2.45, 2.75) is 38.4 Å². The van der Waals surface area contributed by atoms with E-state index in [0.29, 0.717) is 18.7 Å². The lowest BCUT2D eigenvalue weighted by molar-refractivity contribution is 0.0148. The van der Waals surface area contributed by atoms with E-state index in [1.807, 2.05) is 6.92 Å². The first kappa shape index (κ1) is 11.9. The van der Waals surface area contributed by atoms with Crippen LogP contribution < -0.4 is 5.73 Å². The van der Waals surface area contributed by atoms with Crippen molar-refractivity contribution in [3.05, 3.63) is 23.9 Å². The summed E-state index contributed by atoms with van der Waals surface area (Å²) in [5.41, 5.74) is 6.41. The van der Waals surface area contributed by atoms with Gasteiger partial charge < -0.3 is 15.9 Å². The van der Waals surface area contributed by atoms with Crippen molar-refractivity contribution in [1.82, 2.24) is 4.98 Å². The molecule has 0 aliphatic rings. The Morgan fingerprint density at radius 1 is 1.40 bits per heavy atom. The molecule has 0 saturated heterocycles. The SMILES string of the molecule is CCCC(O)C(O)Cc1ccnc(N)c1. The van der Waals surface area contributed by atoms with E-state index in [1.165, 1.54) is 0 Å². The summed E-state index contributed by atoms with van der Waals surface area (Å²) in [6.45, 7) is 1.97. The molecule has 4 nitrogen and oxygen atoms in total. The van der Waals surface area contributed by atoms with Crippen LogP contribution in [0, 0.1) is 0 Å². The van der Waals surface area contributed by atoms with Gasteiger partial charge in [0.25, 0.3) is 0 Å². The fourth-order valence-corrected chi connectivity index (χ4v) is 1.49. The molecule has 4 heteroatoms. The first-order valence-electron chi connectivity index (χ1n) is 5.20. The van der Waals surface area contributed by atoms with Crippen LogP contribution in [0.25, 0.3) is 0 Å². The average Bonchev–Trinajstić information content (AvgIpc) is 2.18. The van der Waals surface area contributed by atoms with Crippen LogP contribution in [0.2, 0.25) is 0 Å². The summed E-state index contributed by atoms with van der Waals surface area (Å²) < 4.78 is 0. The van der Waals surface area contributed by atoms with E-state index < -0.39 is 12.2 Å². The van der Waals surface area contributed by atoms with Gasteiger partial charge in [-0.1, -0.05) is 13.3 Å². The second-order valence-electron chi connectivity index (χ2n) is 3.72. The number of aliphatic hydroxyl groups excluding tert-OH is 2. The van der Waals surface area contributed by atoms with Crippen molar-refractivity contribution in [3.8, 4) is 0 Å². The molecule has 0 spiro atoms. The monoisotopic (exact) mass is 210 g/mol. The van der Waals surface area contributed by atoms with Gasteiger partial charge in [-0.15, -0.1) is 0 Å². The number of rotatable bonds is 5. The second-order valence-corrected chi connectivity index (χ2v) is 3.72. The van der Waals surface area contributed by atoms with Gasteiger partial charge in [0.2, 0.25) is 0 Å². The lowest BCUT2D eigenvalue weighted by atomic mass is 10.0. The van der Waals surface area contributed by atoms with Gasteiger partial charge in [-0.05, 0) is 24.1 Å². The molecule has 0 bridgehead atoms. The zero-order chi connectivity index (χ0) is 11.3. The van der Waals surface area contributed by atoms with Crippen molar-refractivity contribution in [2.24, 2.45) is 0 Å². The van der Waals surface area contributed by atoms with Gasteiger partial charge in [0, 0.05) is 12.6 Å². The highest BCUT2D eigenvalue weighted by Crippen LogP contribution is 2.10. The third kappa shape index (κ3) is 3.85. The molecule has 15 heavy (non-hydrogen) atoms. The predicted molar refractivity (Wildman–Crippen MR) is 59.3 cm³/mol. The standard InChI is InChI=1S/C11H18N2O2/c1-2-3-9(14)10(15)6-8-4-5-13-11(12)7-8/h4-5,7,9-10,14-15H,2-3,6H2,1H3,(H2,12,13). The number of aromatic nitrogens is 1. The van der Waals surface area contributed by atoms with E-state index in [-0.39, 0.29) is 0 Å². The van der Waals surface area contributed by atoms with Gasteiger partial charge in [-0.3, -0.25) is 0 Å². The fourth-order valence-electron chi connectivity index (χ4n) is 1.49. The Bertz CT molecular complexity index is 304. The largest absolute Gasteiger partial charge is 0.390 e. The van der Waals surface area contributed by atoms with E-state index in [0.717, 1.165) is 12.0 Å². The molecule has 0 fully saturated rings. The second kappa shape index (κ2) is 5.68. The number of anilines is 1. The number of pyridine rings is 1. The highest BCUT2D eigenvalue weighted by Gasteiger charge is 2.15. The Hall–Kier alpha value is -1.13. The van der Waals surface area contributed by atoms with Crippen molar-refractivity contribution < 1.29 is 10.2 Å². The minimum absolute atomic E-state index is 0.411. The molecular weight excluding hydrogens is 192 g/mol. The summed E-state index contributed by atoms with van der Waals surface area (Å²) in [7, 11) is 0. The van der Waals surface area contributed by atoms with E-state index in [2.05, 4.69) is 4.98 Å². The molecule has 1 rings (SSSR count). The van der Waals surface area contributed by atoms with Crippen LogP contribution in [0.3, 0.4) is 0 Å². The van der Waals surface area contributed by atoms with Crippen LogP contribution >= 0.6 is 0 Å². The van der Waals surface area contributed by atoms with Crippen LogP contribution in [0.5, 0.6) is 0 Å². The molecule has 0 aromatic carbocycles. The number of nitrogens with zero attached hydrogens (tertiary/aromatic N) is 1. The summed E-state index contributed by atoms with van der Waals surface area (Å²) in [6.07, 6.45) is 2.09. The minimum Gasteiger partial charge on any atom is -0.390 e. The Labute approximate surface area is 89.8 Å². The first-order valence-corrected chi connectivity index (χ1v) is 5.20. The molecule has 0 aliphatic carbocycles. The van der Waals surface area contributed by atoms with Crippen molar-refractivity contribution in [2.75, 3.05) is 5.73 Å². The predicted octanol–water partition coefficient (Wildman–Crippen LogP) is 0.728. The van der Waals surface area contributed by atoms with E-state index in [9.17, 15) is 10.2 Å². The molecule has 2 unspecified atom stereocenters. The molecule has 1 heterocycles. The number of nitrogens with two attached hydrogens (primary N) is 1. The summed E-state index contributed by atoms with van der Waals surface area (Å²) in [5, 5.41) is 19.2. The third-order valence-electron chi connectivity index (χ3n) is 2.32.